The fourth-order valence-electron chi connectivity index (χ4n) is 0.378. The predicted molar refractivity (Wildman–Crippen MR) is 40.3 cm³/mol. The Morgan fingerprint density at radius 1 is 1.75 bits per heavy atom. The van der Waals surface area contributed by atoms with Gasteiger partial charge in [-0.05, 0) is 6.92 Å². The molecule has 0 aliphatic rings. The molecule has 0 heterocycles. The number of hydrogen-bond acceptors (Lipinski definition) is 4. The zero-order chi connectivity index (χ0) is 9.40. The lowest BCUT2D eigenvalue weighted by Gasteiger charge is -1.96. The maximum Gasteiger partial charge on any atom is 0.334 e. The first-order valence-electron chi connectivity index (χ1n) is 3.23. The van der Waals surface area contributed by atoms with Crippen molar-refractivity contribution < 1.29 is 19.4 Å². The van der Waals surface area contributed by atoms with Crippen molar-refractivity contribution in [3.8, 4) is 0 Å². The molecule has 5 nitrogen and oxygen atoms in total. The highest BCUT2D eigenvalue weighted by atomic mass is 16.5. The number of carboxylic acid groups (broad SMARTS) is 1. The average molecular weight is 171 g/mol. The van der Waals surface area contributed by atoms with Gasteiger partial charge in [0.2, 0.25) is 6.08 Å². The Morgan fingerprint density at radius 2 is 2.42 bits per heavy atom. The van der Waals surface area contributed by atoms with Gasteiger partial charge in [0.25, 0.3) is 0 Å². The molecular weight excluding hydrogens is 162 g/mol. The van der Waals surface area contributed by atoms with E-state index >= 15 is 0 Å². The van der Waals surface area contributed by atoms with Crippen LogP contribution >= 0.6 is 0 Å². The van der Waals surface area contributed by atoms with E-state index in [2.05, 4.69) is 4.99 Å². The SMILES string of the molecule is C/C(=C\OCCN=C=O)C(=O)O. The Bertz CT molecular complexity index is 228. The van der Waals surface area contributed by atoms with Crippen LogP contribution in [0.1, 0.15) is 6.92 Å². The highest BCUT2D eigenvalue weighted by Gasteiger charge is 1.97. The van der Waals surface area contributed by atoms with Crippen LogP contribution in [0.25, 0.3) is 0 Å². The Hall–Kier alpha value is -1.61. The zero-order valence-electron chi connectivity index (χ0n) is 6.61. The molecule has 0 aromatic heterocycles. The first-order chi connectivity index (χ1) is 5.68. The van der Waals surface area contributed by atoms with E-state index in [0.29, 0.717) is 0 Å². The second kappa shape index (κ2) is 6.12. The fraction of sp³-hybridized carbons (Fsp3) is 0.429. The van der Waals surface area contributed by atoms with Crippen molar-refractivity contribution in [1.29, 1.82) is 0 Å². The second-order valence-corrected chi connectivity index (χ2v) is 1.95. The number of hydrogen-bond donors (Lipinski definition) is 1. The van der Waals surface area contributed by atoms with E-state index in [-0.39, 0.29) is 18.7 Å². The van der Waals surface area contributed by atoms with Crippen LogP contribution in [0.3, 0.4) is 0 Å². The second-order valence-electron chi connectivity index (χ2n) is 1.95. The topological polar surface area (TPSA) is 76.0 Å². The van der Waals surface area contributed by atoms with Gasteiger partial charge in [0.15, 0.2) is 0 Å². The van der Waals surface area contributed by atoms with E-state index in [0.717, 1.165) is 6.26 Å². The lowest BCUT2D eigenvalue weighted by atomic mass is 10.3. The van der Waals surface area contributed by atoms with Gasteiger partial charge in [0, 0.05) is 0 Å². The summed E-state index contributed by atoms with van der Waals surface area (Å²) in [6.45, 7) is 1.78. The summed E-state index contributed by atoms with van der Waals surface area (Å²) in [4.78, 5) is 22.9. The van der Waals surface area contributed by atoms with Gasteiger partial charge in [-0.3, -0.25) is 0 Å². The Morgan fingerprint density at radius 3 is 2.92 bits per heavy atom. The minimum absolute atomic E-state index is 0.102. The fourth-order valence-corrected chi connectivity index (χ4v) is 0.378. The molecule has 5 heteroatoms. The molecular formula is C7H9NO4. The van der Waals surface area contributed by atoms with E-state index in [1.807, 2.05) is 0 Å². The normalized spacial score (nSPS) is 10.2. The van der Waals surface area contributed by atoms with Crippen LogP contribution in [0.15, 0.2) is 16.8 Å². The third-order valence-electron chi connectivity index (χ3n) is 0.983. The molecule has 0 saturated heterocycles. The van der Waals surface area contributed by atoms with Crippen molar-refractivity contribution in [1.82, 2.24) is 0 Å². The summed E-state index contributed by atoms with van der Waals surface area (Å²) in [7, 11) is 0. The third-order valence-corrected chi connectivity index (χ3v) is 0.983. The molecule has 0 aliphatic heterocycles. The number of nitrogens with zero attached hydrogens (tertiary/aromatic N) is 1. The molecule has 0 atom stereocenters. The third kappa shape index (κ3) is 5.20. The molecule has 0 aliphatic carbocycles. The molecule has 0 radical (unpaired) electrons. The van der Waals surface area contributed by atoms with E-state index in [1.165, 1.54) is 13.0 Å². The molecule has 0 amide bonds. The number of carbonyl (C=O) groups excluding carboxylic acids is 1. The van der Waals surface area contributed by atoms with Crippen LogP contribution in [0.2, 0.25) is 0 Å². The van der Waals surface area contributed by atoms with Crippen LogP contribution in [0.4, 0.5) is 0 Å². The van der Waals surface area contributed by atoms with Crippen molar-refractivity contribution in [2.75, 3.05) is 13.2 Å². The van der Waals surface area contributed by atoms with Gasteiger partial charge < -0.3 is 9.84 Å². The summed E-state index contributed by atoms with van der Waals surface area (Å²) in [6, 6.07) is 0. The number of ether oxygens (including phenoxy) is 1. The van der Waals surface area contributed by atoms with Gasteiger partial charge in [-0.25, -0.2) is 14.6 Å². The van der Waals surface area contributed by atoms with Gasteiger partial charge in [-0.1, -0.05) is 0 Å². The van der Waals surface area contributed by atoms with Crippen LogP contribution in [-0.4, -0.2) is 30.3 Å². The summed E-state index contributed by atoms with van der Waals surface area (Å²) in [6.07, 6.45) is 2.45. The van der Waals surface area contributed by atoms with E-state index < -0.39 is 5.97 Å². The number of isocyanates is 1. The summed E-state index contributed by atoms with van der Waals surface area (Å²) >= 11 is 0. The van der Waals surface area contributed by atoms with Gasteiger partial charge >= 0.3 is 5.97 Å². The lowest BCUT2D eigenvalue weighted by molar-refractivity contribution is -0.132. The van der Waals surface area contributed by atoms with Crippen molar-refractivity contribution in [2.24, 2.45) is 4.99 Å². The molecule has 0 saturated carbocycles. The zero-order valence-corrected chi connectivity index (χ0v) is 6.61. The van der Waals surface area contributed by atoms with E-state index in [9.17, 15) is 9.59 Å². The monoisotopic (exact) mass is 171 g/mol. The maximum absolute atomic E-state index is 10.2. The van der Waals surface area contributed by atoms with Crippen molar-refractivity contribution in [2.45, 2.75) is 6.92 Å². The number of rotatable bonds is 5. The molecule has 0 bridgehead atoms. The molecule has 0 aromatic rings. The smallest absolute Gasteiger partial charge is 0.334 e. The summed E-state index contributed by atoms with van der Waals surface area (Å²) in [5.41, 5.74) is 0.102. The highest BCUT2D eigenvalue weighted by molar-refractivity contribution is 5.85. The Kier molecular flexibility index (Phi) is 5.30. The van der Waals surface area contributed by atoms with Crippen molar-refractivity contribution in [3.63, 3.8) is 0 Å². The van der Waals surface area contributed by atoms with Gasteiger partial charge in [0.05, 0.1) is 18.4 Å². The maximum atomic E-state index is 10.2. The molecule has 0 rings (SSSR count). The van der Waals surface area contributed by atoms with Gasteiger partial charge in [-0.2, -0.15) is 0 Å². The van der Waals surface area contributed by atoms with Gasteiger partial charge in [0.1, 0.15) is 6.61 Å². The number of aliphatic imine (C=N–C) groups is 1. The molecule has 1 N–H and O–H groups in total. The first-order valence-corrected chi connectivity index (χ1v) is 3.23. The van der Waals surface area contributed by atoms with Crippen molar-refractivity contribution >= 4 is 12.0 Å². The summed E-state index contributed by atoms with van der Waals surface area (Å²) in [5.74, 6) is -1.03. The summed E-state index contributed by atoms with van der Waals surface area (Å²) in [5, 5.41) is 8.35. The van der Waals surface area contributed by atoms with Crippen LogP contribution < -0.4 is 0 Å². The number of carboxylic acids is 1. The number of carbonyl (C=O) groups is 1. The molecule has 12 heavy (non-hydrogen) atoms. The lowest BCUT2D eigenvalue weighted by Crippen LogP contribution is -1.99. The van der Waals surface area contributed by atoms with Crippen LogP contribution in [0.5, 0.6) is 0 Å². The molecule has 0 aromatic carbocycles. The number of aliphatic carboxylic acids is 1. The van der Waals surface area contributed by atoms with Crippen LogP contribution in [0, 0.1) is 0 Å². The quantitative estimate of drug-likeness (QED) is 0.212. The Balaban J connectivity index is 3.60. The largest absolute Gasteiger partial charge is 0.499 e. The van der Waals surface area contributed by atoms with Crippen molar-refractivity contribution in [3.05, 3.63) is 11.8 Å². The van der Waals surface area contributed by atoms with Gasteiger partial charge in [-0.15, -0.1) is 0 Å². The van der Waals surface area contributed by atoms with E-state index in [4.69, 9.17) is 9.84 Å². The van der Waals surface area contributed by atoms with E-state index in [1.54, 1.807) is 0 Å². The molecule has 66 valence electrons. The standard InChI is InChI=1S/C7H9NO4/c1-6(7(10)11)4-12-3-2-8-5-9/h4H,2-3H2,1H3,(H,10,11)/b6-4+. The minimum Gasteiger partial charge on any atom is -0.499 e. The molecule has 0 fully saturated rings. The minimum atomic E-state index is -1.03. The first kappa shape index (κ1) is 10.4. The molecule has 0 spiro atoms. The average Bonchev–Trinajstić information content (AvgIpc) is 2.03. The predicted octanol–water partition coefficient (Wildman–Crippen LogP) is 0.327. The highest BCUT2D eigenvalue weighted by Crippen LogP contribution is 1.91. The molecule has 0 unspecified atom stereocenters. The van der Waals surface area contributed by atoms with Crippen LogP contribution in [-0.2, 0) is 14.3 Å². The Labute approximate surface area is 69.4 Å². The summed E-state index contributed by atoms with van der Waals surface area (Å²) < 4.78 is 4.74.